The number of hydrazine groups is 1. The Kier molecular flexibility index (Phi) is 5.95. The minimum Gasteiger partial charge on any atom is -0.273 e. The molecule has 1 atom stereocenters. The van der Waals surface area contributed by atoms with Gasteiger partial charge in [-0.05, 0) is 36.1 Å². The Morgan fingerprint density at radius 1 is 1.30 bits per heavy atom. The molecule has 0 unspecified atom stereocenters. The molecule has 124 valence electrons. The van der Waals surface area contributed by atoms with Gasteiger partial charge in [0.1, 0.15) is 0 Å². The molecule has 2 amide bonds. The number of halogens is 1. The molecule has 0 aromatic heterocycles. The van der Waals surface area contributed by atoms with Gasteiger partial charge < -0.3 is 0 Å². The lowest BCUT2D eigenvalue weighted by Gasteiger charge is -2.08. The Hall–Kier alpha value is -1.67. The summed E-state index contributed by atoms with van der Waals surface area (Å²) in [6, 6.07) is 7.41. The van der Waals surface area contributed by atoms with E-state index in [1.165, 1.54) is 6.08 Å². The molecule has 1 saturated heterocycles. The molecule has 2 rings (SSSR count). The van der Waals surface area contributed by atoms with Gasteiger partial charge in [0, 0.05) is 17.0 Å². The summed E-state index contributed by atoms with van der Waals surface area (Å²) in [5.74, 6) is -0.855. The van der Waals surface area contributed by atoms with Crippen molar-refractivity contribution in [3.63, 3.8) is 0 Å². The fourth-order valence-electron chi connectivity index (χ4n) is 2.30. The third-order valence-corrected chi connectivity index (χ3v) is 5.73. The Balaban J connectivity index is 1.75. The fraction of sp³-hybridized carbons (Fsp3) is 0.333. The van der Waals surface area contributed by atoms with E-state index in [0.29, 0.717) is 6.42 Å². The molecule has 0 spiro atoms. The Morgan fingerprint density at radius 2 is 2.09 bits per heavy atom. The minimum atomic E-state index is -3.00. The summed E-state index contributed by atoms with van der Waals surface area (Å²) in [6.45, 7) is 0. The first-order valence-corrected chi connectivity index (χ1v) is 9.68. The van der Waals surface area contributed by atoms with Crippen LogP contribution in [0.5, 0.6) is 0 Å². The highest BCUT2D eigenvalue weighted by atomic mass is 79.9. The van der Waals surface area contributed by atoms with Crippen molar-refractivity contribution in [2.75, 3.05) is 11.5 Å². The topological polar surface area (TPSA) is 92.3 Å². The van der Waals surface area contributed by atoms with Gasteiger partial charge in [-0.3, -0.25) is 20.4 Å². The van der Waals surface area contributed by atoms with E-state index in [0.717, 1.165) is 10.0 Å². The number of hydrogen-bond donors (Lipinski definition) is 2. The molecular formula is C15H17BrN2O4S. The molecule has 1 aromatic carbocycles. The molecule has 0 bridgehead atoms. The Labute approximate surface area is 143 Å². The van der Waals surface area contributed by atoms with Crippen LogP contribution in [0.4, 0.5) is 0 Å². The number of sulfone groups is 1. The first-order chi connectivity index (χ1) is 10.8. The van der Waals surface area contributed by atoms with Crippen LogP contribution in [0.3, 0.4) is 0 Å². The summed E-state index contributed by atoms with van der Waals surface area (Å²) in [6.07, 6.45) is 3.51. The van der Waals surface area contributed by atoms with Crippen molar-refractivity contribution in [1.29, 1.82) is 0 Å². The monoisotopic (exact) mass is 400 g/mol. The zero-order chi connectivity index (χ0) is 16.9. The lowest BCUT2D eigenvalue weighted by Crippen LogP contribution is -2.41. The molecule has 0 aliphatic carbocycles. The second kappa shape index (κ2) is 7.74. The van der Waals surface area contributed by atoms with Gasteiger partial charge in [-0.1, -0.05) is 28.1 Å². The van der Waals surface area contributed by atoms with Crippen molar-refractivity contribution < 1.29 is 18.0 Å². The van der Waals surface area contributed by atoms with Gasteiger partial charge in [0.2, 0.25) is 5.91 Å². The molecule has 1 aliphatic heterocycles. The predicted octanol–water partition coefficient (Wildman–Crippen LogP) is 1.43. The van der Waals surface area contributed by atoms with Crippen LogP contribution in [0.25, 0.3) is 6.08 Å². The molecule has 6 nitrogen and oxygen atoms in total. The Bertz CT molecular complexity index is 731. The number of amides is 2. The molecule has 1 aromatic rings. The molecule has 0 saturated carbocycles. The number of nitrogens with one attached hydrogen (secondary N) is 2. The number of rotatable bonds is 4. The summed E-state index contributed by atoms with van der Waals surface area (Å²) in [4.78, 5) is 23.3. The van der Waals surface area contributed by atoms with Gasteiger partial charge >= 0.3 is 0 Å². The van der Waals surface area contributed by atoms with E-state index in [-0.39, 0.29) is 23.8 Å². The van der Waals surface area contributed by atoms with Crippen LogP contribution in [-0.4, -0.2) is 31.7 Å². The van der Waals surface area contributed by atoms with Gasteiger partial charge in [-0.15, -0.1) is 0 Å². The average molecular weight is 401 g/mol. The molecule has 2 N–H and O–H groups in total. The van der Waals surface area contributed by atoms with Gasteiger partial charge in [0.15, 0.2) is 9.84 Å². The first kappa shape index (κ1) is 17.7. The van der Waals surface area contributed by atoms with Gasteiger partial charge in [0.05, 0.1) is 11.5 Å². The number of carbonyl (C=O) groups is 2. The zero-order valence-corrected chi connectivity index (χ0v) is 14.7. The number of hydrogen-bond acceptors (Lipinski definition) is 4. The maximum absolute atomic E-state index is 11.7. The van der Waals surface area contributed by atoms with Crippen molar-refractivity contribution in [2.24, 2.45) is 5.92 Å². The highest BCUT2D eigenvalue weighted by molar-refractivity contribution is 9.10. The summed E-state index contributed by atoms with van der Waals surface area (Å²) in [7, 11) is -3.00. The van der Waals surface area contributed by atoms with E-state index in [1.807, 2.05) is 24.3 Å². The van der Waals surface area contributed by atoms with Gasteiger partial charge in [-0.2, -0.15) is 0 Å². The van der Waals surface area contributed by atoms with Crippen molar-refractivity contribution in [1.82, 2.24) is 10.9 Å². The predicted molar refractivity (Wildman–Crippen MR) is 90.8 cm³/mol. The van der Waals surface area contributed by atoms with Crippen LogP contribution in [0.15, 0.2) is 34.8 Å². The molecule has 1 fully saturated rings. The van der Waals surface area contributed by atoms with Crippen LogP contribution < -0.4 is 10.9 Å². The quantitative estimate of drug-likeness (QED) is 0.590. The number of benzene rings is 1. The second-order valence-corrected chi connectivity index (χ2v) is 8.54. The van der Waals surface area contributed by atoms with Crippen LogP contribution >= 0.6 is 15.9 Å². The van der Waals surface area contributed by atoms with Crippen LogP contribution in [0.2, 0.25) is 0 Å². The lowest BCUT2D eigenvalue weighted by atomic mass is 10.1. The van der Waals surface area contributed by atoms with E-state index >= 15 is 0 Å². The van der Waals surface area contributed by atoms with Gasteiger partial charge in [-0.25, -0.2) is 8.42 Å². The second-order valence-electron chi connectivity index (χ2n) is 5.40. The van der Waals surface area contributed by atoms with E-state index < -0.39 is 21.7 Å². The molecule has 1 aliphatic rings. The normalized spacial score (nSPS) is 19.6. The van der Waals surface area contributed by atoms with Crippen molar-refractivity contribution in [3.05, 3.63) is 40.4 Å². The molecule has 8 heteroatoms. The van der Waals surface area contributed by atoms with E-state index in [4.69, 9.17) is 0 Å². The third-order valence-electron chi connectivity index (χ3n) is 3.40. The van der Waals surface area contributed by atoms with Gasteiger partial charge in [0.25, 0.3) is 5.91 Å². The standard InChI is InChI=1S/C15H17BrN2O4S/c16-13-3-1-2-11(8-13)4-5-14(19)17-18-15(20)9-12-6-7-23(21,22)10-12/h1-5,8,12H,6-7,9-10H2,(H,17,19)(H,18,20)/b5-4+/t12-/m0/s1. The van der Waals surface area contributed by atoms with Crippen LogP contribution in [-0.2, 0) is 19.4 Å². The minimum absolute atomic E-state index is 0.0388. The first-order valence-electron chi connectivity index (χ1n) is 7.07. The lowest BCUT2D eigenvalue weighted by molar-refractivity contribution is -0.127. The summed E-state index contributed by atoms with van der Waals surface area (Å²) in [5, 5.41) is 0. The smallest absolute Gasteiger partial charge is 0.262 e. The molecule has 1 heterocycles. The van der Waals surface area contributed by atoms with E-state index in [9.17, 15) is 18.0 Å². The van der Waals surface area contributed by atoms with Crippen molar-refractivity contribution >= 4 is 43.7 Å². The summed E-state index contributed by atoms with van der Waals surface area (Å²) < 4.78 is 23.5. The number of carbonyl (C=O) groups excluding carboxylic acids is 2. The van der Waals surface area contributed by atoms with E-state index in [1.54, 1.807) is 6.08 Å². The fourth-order valence-corrected chi connectivity index (χ4v) is 4.58. The molecule has 0 radical (unpaired) electrons. The molecular weight excluding hydrogens is 384 g/mol. The largest absolute Gasteiger partial charge is 0.273 e. The summed E-state index contributed by atoms with van der Waals surface area (Å²) in [5.41, 5.74) is 5.41. The van der Waals surface area contributed by atoms with Crippen LogP contribution in [0, 0.1) is 5.92 Å². The average Bonchev–Trinajstić information content (AvgIpc) is 2.82. The SMILES string of the molecule is O=C(/C=C/c1cccc(Br)c1)NNC(=O)C[C@@H]1CCS(=O)(=O)C1. The van der Waals surface area contributed by atoms with Crippen LogP contribution in [0.1, 0.15) is 18.4 Å². The maximum Gasteiger partial charge on any atom is 0.262 e. The Morgan fingerprint density at radius 3 is 2.74 bits per heavy atom. The maximum atomic E-state index is 11.7. The van der Waals surface area contributed by atoms with Crippen molar-refractivity contribution in [3.8, 4) is 0 Å². The highest BCUT2D eigenvalue weighted by Crippen LogP contribution is 2.21. The summed E-state index contributed by atoms with van der Waals surface area (Å²) >= 11 is 3.33. The highest BCUT2D eigenvalue weighted by Gasteiger charge is 2.29. The van der Waals surface area contributed by atoms with Crippen molar-refractivity contribution in [2.45, 2.75) is 12.8 Å². The van der Waals surface area contributed by atoms with E-state index in [2.05, 4.69) is 26.8 Å². The molecule has 23 heavy (non-hydrogen) atoms. The zero-order valence-electron chi connectivity index (χ0n) is 12.3. The third kappa shape index (κ3) is 6.15.